The Labute approximate surface area is 92.1 Å². The molecule has 1 heterocycles. The summed E-state index contributed by atoms with van der Waals surface area (Å²) < 4.78 is 0.826. The zero-order chi connectivity index (χ0) is 10.7. The van der Waals surface area contributed by atoms with E-state index >= 15 is 0 Å². The van der Waals surface area contributed by atoms with Crippen molar-refractivity contribution in [3.05, 3.63) is 22.7 Å². The first-order chi connectivity index (χ1) is 6.52. The lowest BCUT2D eigenvalue weighted by Gasteiger charge is -2.15. The summed E-state index contributed by atoms with van der Waals surface area (Å²) in [6.45, 7) is 5.57. The van der Waals surface area contributed by atoms with Crippen molar-refractivity contribution in [1.29, 1.82) is 0 Å². The van der Waals surface area contributed by atoms with Crippen LogP contribution >= 0.6 is 15.9 Å². The molecule has 1 aromatic heterocycles. The molecule has 1 rings (SSSR count). The summed E-state index contributed by atoms with van der Waals surface area (Å²) in [6.07, 6.45) is 3.33. The Morgan fingerprint density at radius 2 is 1.86 bits per heavy atom. The second-order valence-electron chi connectivity index (χ2n) is 3.59. The third kappa shape index (κ3) is 2.61. The van der Waals surface area contributed by atoms with Crippen LogP contribution in [0.4, 0.5) is 0 Å². The molecule has 1 aromatic rings. The summed E-state index contributed by atoms with van der Waals surface area (Å²) in [5.41, 5.74) is 0. The number of carbonyl (C=O) groups excluding carboxylic acids is 1. The molecule has 1 unspecified atom stereocenters. The van der Waals surface area contributed by atoms with Crippen molar-refractivity contribution >= 4 is 21.7 Å². The first kappa shape index (κ1) is 11.3. The van der Waals surface area contributed by atoms with Gasteiger partial charge in [0.05, 0.1) is 10.4 Å². The fourth-order valence-corrected chi connectivity index (χ4v) is 1.64. The predicted molar refractivity (Wildman–Crippen MR) is 58.0 cm³/mol. The summed E-state index contributed by atoms with van der Waals surface area (Å²) in [5, 5.41) is 0. The molecule has 4 heteroatoms. The quantitative estimate of drug-likeness (QED) is 0.835. The maximum Gasteiger partial charge on any atom is 0.140 e. The van der Waals surface area contributed by atoms with Gasteiger partial charge in [-0.25, -0.2) is 9.97 Å². The fraction of sp³-hybridized carbons (Fsp3) is 0.500. The smallest absolute Gasteiger partial charge is 0.140 e. The number of Topliss-reactive ketones (excluding diaryl/α,β-unsaturated/α-hetero) is 1. The lowest BCUT2D eigenvalue weighted by molar-refractivity contribution is -0.119. The Bertz CT molecular complexity index is 321. The normalized spacial score (nSPS) is 12.9. The molecule has 0 spiro atoms. The van der Waals surface area contributed by atoms with E-state index in [0.29, 0.717) is 5.82 Å². The van der Waals surface area contributed by atoms with Gasteiger partial charge in [-0.05, 0) is 28.8 Å². The van der Waals surface area contributed by atoms with Crippen LogP contribution in [0.3, 0.4) is 0 Å². The molecule has 0 aliphatic rings. The van der Waals surface area contributed by atoms with Gasteiger partial charge < -0.3 is 0 Å². The van der Waals surface area contributed by atoms with E-state index in [1.165, 1.54) is 0 Å². The minimum absolute atomic E-state index is 0.113. The topological polar surface area (TPSA) is 42.9 Å². The summed E-state index contributed by atoms with van der Waals surface area (Å²) in [7, 11) is 0. The van der Waals surface area contributed by atoms with Crippen LogP contribution < -0.4 is 0 Å². The summed E-state index contributed by atoms with van der Waals surface area (Å²) in [5.74, 6) is 0.759. The van der Waals surface area contributed by atoms with Crippen molar-refractivity contribution in [2.75, 3.05) is 0 Å². The minimum Gasteiger partial charge on any atom is -0.299 e. The van der Waals surface area contributed by atoms with Crippen molar-refractivity contribution in [2.24, 2.45) is 5.92 Å². The van der Waals surface area contributed by atoms with E-state index in [4.69, 9.17) is 0 Å². The average molecular weight is 257 g/mol. The number of halogens is 1. The SMILES string of the molecule is CC(=O)C(c1ncc(Br)cn1)C(C)C. The molecule has 0 saturated heterocycles. The van der Waals surface area contributed by atoms with Crippen LogP contribution in [0, 0.1) is 5.92 Å². The molecule has 14 heavy (non-hydrogen) atoms. The van der Waals surface area contributed by atoms with Crippen LogP contribution in [0.25, 0.3) is 0 Å². The number of rotatable bonds is 3. The highest BCUT2D eigenvalue weighted by Crippen LogP contribution is 2.22. The Morgan fingerprint density at radius 3 is 2.21 bits per heavy atom. The average Bonchev–Trinajstić information content (AvgIpc) is 2.07. The van der Waals surface area contributed by atoms with Gasteiger partial charge >= 0.3 is 0 Å². The van der Waals surface area contributed by atoms with E-state index in [2.05, 4.69) is 25.9 Å². The maximum absolute atomic E-state index is 11.4. The summed E-state index contributed by atoms with van der Waals surface area (Å²) in [4.78, 5) is 19.7. The second-order valence-corrected chi connectivity index (χ2v) is 4.51. The Kier molecular flexibility index (Phi) is 3.75. The van der Waals surface area contributed by atoms with Gasteiger partial charge in [-0.2, -0.15) is 0 Å². The summed E-state index contributed by atoms with van der Waals surface area (Å²) in [6, 6.07) is 0. The van der Waals surface area contributed by atoms with E-state index in [9.17, 15) is 4.79 Å². The minimum atomic E-state index is -0.192. The molecule has 0 N–H and O–H groups in total. The first-order valence-corrected chi connectivity index (χ1v) is 5.29. The first-order valence-electron chi connectivity index (χ1n) is 4.50. The molecule has 76 valence electrons. The highest BCUT2D eigenvalue weighted by molar-refractivity contribution is 9.10. The molecule has 0 aromatic carbocycles. The lowest BCUT2D eigenvalue weighted by Crippen LogP contribution is -2.18. The van der Waals surface area contributed by atoms with E-state index in [-0.39, 0.29) is 17.6 Å². The van der Waals surface area contributed by atoms with Gasteiger partial charge in [-0.15, -0.1) is 0 Å². The molecule has 0 fully saturated rings. The van der Waals surface area contributed by atoms with Gasteiger partial charge in [0.25, 0.3) is 0 Å². The number of carbonyl (C=O) groups is 1. The zero-order valence-electron chi connectivity index (χ0n) is 8.49. The standard InChI is InChI=1S/C10H13BrN2O/c1-6(2)9(7(3)14)10-12-4-8(11)5-13-10/h4-6,9H,1-3H3. The third-order valence-electron chi connectivity index (χ3n) is 2.02. The molecule has 1 atom stereocenters. The van der Waals surface area contributed by atoms with Crippen LogP contribution in [-0.2, 0) is 4.79 Å². The van der Waals surface area contributed by atoms with Crippen molar-refractivity contribution in [3.63, 3.8) is 0 Å². The second kappa shape index (κ2) is 4.64. The Hall–Kier alpha value is -0.770. The van der Waals surface area contributed by atoms with Crippen molar-refractivity contribution < 1.29 is 4.79 Å². The molecule has 3 nitrogen and oxygen atoms in total. The van der Waals surface area contributed by atoms with E-state index < -0.39 is 0 Å². The third-order valence-corrected chi connectivity index (χ3v) is 2.43. The van der Waals surface area contributed by atoms with Crippen LogP contribution in [0.15, 0.2) is 16.9 Å². The highest BCUT2D eigenvalue weighted by atomic mass is 79.9. The van der Waals surface area contributed by atoms with E-state index in [1.54, 1.807) is 19.3 Å². The van der Waals surface area contributed by atoms with Crippen molar-refractivity contribution in [3.8, 4) is 0 Å². The van der Waals surface area contributed by atoms with Gasteiger partial charge in [-0.1, -0.05) is 13.8 Å². The largest absolute Gasteiger partial charge is 0.299 e. The van der Waals surface area contributed by atoms with Gasteiger partial charge in [0, 0.05) is 12.4 Å². The van der Waals surface area contributed by atoms with Gasteiger partial charge in [0.1, 0.15) is 11.6 Å². The van der Waals surface area contributed by atoms with Crippen LogP contribution in [0.2, 0.25) is 0 Å². The molecule has 0 saturated carbocycles. The fourth-order valence-electron chi connectivity index (χ4n) is 1.43. The molecule has 0 bridgehead atoms. The number of hydrogen-bond donors (Lipinski definition) is 0. The van der Waals surface area contributed by atoms with Gasteiger partial charge in [0.15, 0.2) is 0 Å². The van der Waals surface area contributed by atoms with Gasteiger partial charge in [0.2, 0.25) is 0 Å². The predicted octanol–water partition coefficient (Wildman–Crippen LogP) is 2.57. The van der Waals surface area contributed by atoms with E-state index in [0.717, 1.165) is 4.47 Å². The summed E-state index contributed by atoms with van der Waals surface area (Å²) >= 11 is 3.26. The molecular weight excluding hydrogens is 244 g/mol. The van der Waals surface area contributed by atoms with Crippen LogP contribution in [-0.4, -0.2) is 15.8 Å². The van der Waals surface area contributed by atoms with E-state index in [1.807, 2.05) is 13.8 Å². The highest BCUT2D eigenvalue weighted by Gasteiger charge is 2.22. The molecular formula is C10H13BrN2O. The molecule has 0 aliphatic carbocycles. The Balaban J connectivity index is 3.00. The van der Waals surface area contributed by atoms with Crippen LogP contribution in [0.5, 0.6) is 0 Å². The van der Waals surface area contributed by atoms with Crippen molar-refractivity contribution in [2.45, 2.75) is 26.7 Å². The molecule has 0 amide bonds. The van der Waals surface area contributed by atoms with Gasteiger partial charge in [-0.3, -0.25) is 4.79 Å². The molecule has 0 radical (unpaired) electrons. The number of ketones is 1. The number of hydrogen-bond acceptors (Lipinski definition) is 3. The monoisotopic (exact) mass is 256 g/mol. The molecule has 0 aliphatic heterocycles. The Morgan fingerprint density at radius 1 is 1.36 bits per heavy atom. The number of aromatic nitrogens is 2. The zero-order valence-corrected chi connectivity index (χ0v) is 10.1. The maximum atomic E-state index is 11.4. The van der Waals surface area contributed by atoms with Crippen LogP contribution in [0.1, 0.15) is 32.5 Å². The van der Waals surface area contributed by atoms with Crippen molar-refractivity contribution in [1.82, 2.24) is 9.97 Å². The lowest BCUT2D eigenvalue weighted by atomic mass is 9.91. The number of nitrogens with zero attached hydrogens (tertiary/aromatic N) is 2.